The van der Waals surface area contributed by atoms with Gasteiger partial charge in [0.15, 0.2) is 0 Å². The lowest BCUT2D eigenvalue weighted by molar-refractivity contribution is -0.120. The lowest BCUT2D eigenvalue weighted by Crippen LogP contribution is -2.49. The summed E-state index contributed by atoms with van der Waals surface area (Å²) >= 11 is 0. The van der Waals surface area contributed by atoms with Crippen LogP contribution in [0.5, 0.6) is 5.75 Å². The number of hydrogen-bond acceptors (Lipinski definition) is 4. The van der Waals surface area contributed by atoms with Gasteiger partial charge in [0.2, 0.25) is 5.91 Å². The van der Waals surface area contributed by atoms with Crippen LogP contribution in [0.15, 0.2) is 42.5 Å². The van der Waals surface area contributed by atoms with Gasteiger partial charge in [-0.1, -0.05) is 18.2 Å². The molecule has 2 N–H and O–H groups in total. The summed E-state index contributed by atoms with van der Waals surface area (Å²) in [5.74, 6) is 1.07. The molecule has 27 heavy (non-hydrogen) atoms. The third-order valence-corrected chi connectivity index (χ3v) is 5.58. The number of nitrogens with zero attached hydrogens (tertiary/aromatic N) is 1. The average Bonchev–Trinajstić information content (AvgIpc) is 3.16. The van der Waals surface area contributed by atoms with Gasteiger partial charge < -0.3 is 20.3 Å². The number of benzene rings is 2. The molecule has 5 nitrogen and oxygen atoms in total. The second-order valence-electron chi connectivity index (χ2n) is 7.70. The second kappa shape index (κ2) is 7.71. The SMILES string of the molecule is CN(C)C1CNCC(C(=O)Nc2cccc(-c3ccc4c(c3)CCO4)c2)C1. The highest BCUT2D eigenvalue weighted by molar-refractivity contribution is 5.93. The van der Waals surface area contributed by atoms with Crippen molar-refractivity contribution in [2.24, 2.45) is 5.92 Å². The van der Waals surface area contributed by atoms with Crippen LogP contribution in [0.2, 0.25) is 0 Å². The van der Waals surface area contributed by atoms with Crippen LogP contribution in [-0.2, 0) is 11.2 Å². The summed E-state index contributed by atoms with van der Waals surface area (Å²) in [5, 5.41) is 6.49. The number of ether oxygens (including phenoxy) is 1. The molecule has 0 aromatic heterocycles. The van der Waals surface area contributed by atoms with E-state index in [1.807, 2.05) is 18.2 Å². The van der Waals surface area contributed by atoms with Crippen molar-refractivity contribution in [2.45, 2.75) is 18.9 Å². The highest BCUT2D eigenvalue weighted by Crippen LogP contribution is 2.31. The van der Waals surface area contributed by atoms with Crippen LogP contribution in [0.4, 0.5) is 5.69 Å². The van der Waals surface area contributed by atoms with Gasteiger partial charge in [0, 0.05) is 31.2 Å². The number of likely N-dealkylation sites (N-methyl/N-ethyl adjacent to an activating group) is 1. The van der Waals surface area contributed by atoms with E-state index in [0.717, 1.165) is 55.1 Å². The summed E-state index contributed by atoms with van der Waals surface area (Å²) < 4.78 is 5.59. The maximum atomic E-state index is 12.8. The highest BCUT2D eigenvalue weighted by Gasteiger charge is 2.28. The number of anilines is 1. The van der Waals surface area contributed by atoms with Gasteiger partial charge in [0.1, 0.15) is 5.75 Å². The van der Waals surface area contributed by atoms with E-state index in [2.05, 4.69) is 53.9 Å². The standard InChI is InChI=1S/C22H27N3O2/c1-25(2)20-12-18(13-23-14-20)22(26)24-19-5-3-4-15(11-19)16-6-7-21-17(10-16)8-9-27-21/h3-7,10-11,18,20,23H,8-9,12-14H2,1-2H3,(H,24,26). The lowest BCUT2D eigenvalue weighted by Gasteiger charge is -2.33. The van der Waals surface area contributed by atoms with Crippen LogP contribution in [0.1, 0.15) is 12.0 Å². The monoisotopic (exact) mass is 365 g/mol. The molecule has 2 aliphatic rings. The summed E-state index contributed by atoms with van der Waals surface area (Å²) in [6, 6.07) is 14.8. The van der Waals surface area contributed by atoms with Gasteiger partial charge in [-0.2, -0.15) is 0 Å². The van der Waals surface area contributed by atoms with Crippen molar-refractivity contribution in [1.82, 2.24) is 10.2 Å². The summed E-state index contributed by atoms with van der Waals surface area (Å²) in [7, 11) is 4.13. The normalized spacial score (nSPS) is 21.6. The van der Waals surface area contributed by atoms with Crippen molar-refractivity contribution < 1.29 is 9.53 Å². The molecule has 0 radical (unpaired) electrons. The van der Waals surface area contributed by atoms with Gasteiger partial charge in [-0.05, 0) is 61.5 Å². The molecule has 0 saturated carbocycles. The van der Waals surface area contributed by atoms with Gasteiger partial charge in [0.05, 0.1) is 12.5 Å². The van der Waals surface area contributed by atoms with Crippen molar-refractivity contribution in [1.29, 1.82) is 0 Å². The number of carbonyl (C=O) groups is 1. The zero-order chi connectivity index (χ0) is 18.8. The van der Waals surface area contributed by atoms with Crippen molar-refractivity contribution >= 4 is 11.6 Å². The number of nitrogens with one attached hydrogen (secondary N) is 2. The topological polar surface area (TPSA) is 53.6 Å². The second-order valence-corrected chi connectivity index (χ2v) is 7.70. The van der Waals surface area contributed by atoms with Crippen LogP contribution < -0.4 is 15.4 Å². The molecule has 1 saturated heterocycles. The maximum absolute atomic E-state index is 12.8. The van der Waals surface area contributed by atoms with Crippen LogP contribution in [0.25, 0.3) is 11.1 Å². The average molecular weight is 365 g/mol. The molecule has 2 atom stereocenters. The van der Waals surface area contributed by atoms with Crippen molar-refractivity contribution in [2.75, 3.05) is 39.1 Å². The van der Waals surface area contributed by atoms with E-state index in [1.165, 1.54) is 5.56 Å². The Morgan fingerprint density at radius 2 is 2.00 bits per heavy atom. The van der Waals surface area contributed by atoms with Crippen LogP contribution >= 0.6 is 0 Å². The molecular weight excluding hydrogens is 338 g/mol. The predicted octanol–water partition coefficient (Wildman–Crippen LogP) is 2.77. The van der Waals surface area contributed by atoms with Gasteiger partial charge in [-0.15, -0.1) is 0 Å². The minimum atomic E-state index is -0.00745. The Bertz CT molecular complexity index is 834. The van der Waals surface area contributed by atoms with E-state index in [1.54, 1.807) is 0 Å². The molecule has 2 aliphatic heterocycles. The Hall–Kier alpha value is -2.37. The van der Waals surface area contributed by atoms with Gasteiger partial charge in [-0.25, -0.2) is 0 Å². The molecule has 5 heteroatoms. The Kier molecular flexibility index (Phi) is 5.14. The van der Waals surface area contributed by atoms with Gasteiger partial charge in [0.25, 0.3) is 0 Å². The van der Waals surface area contributed by atoms with Gasteiger partial charge >= 0.3 is 0 Å². The van der Waals surface area contributed by atoms with Gasteiger partial charge in [-0.3, -0.25) is 4.79 Å². The zero-order valence-electron chi connectivity index (χ0n) is 16.0. The fourth-order valence-corrected chi connectivity index (χ4v) is 3.90. The summed E-state index contributed by atoms with van der Waals surface area (Å²) in [4.78, 5) is 14.9. The number of carbonyl (C=O) groups excluding carboxylic acids is 1. The number of fused-ring (bicyclic) bond motifs is 1. The molecule has 142 valence electrons. The third-order valence-electron chi connectivity index (χ3n) is 5.58. The van der Waals surface area contributed by atoms with E-state index >= 15 is 0 Å². The van der Waals surface area contributed by atoms with E-state index in [-0.39, 0.29) is 11.8 Å². The first kappa shape index (κ1) is 18.0. The molecule has 2 heterocycles. The fraction of sp³-hybridized carbons (Fsp3) is 0.409. The van der Waals surface area contributed by atoms with E-state index < -0.39 is 0 Å². The van der Waals surface area contributed by atoms with E-state index in [0.29, 0.717) is 6.04 Å². The first-order valence-electron chi connectivity index (χ1n) is 9.64. The Labute approximate surface area is 160 Å². The van der Waals surface area contributed by atoms with Crippen molar-refractivity contribution in [3.05, 3.63) is 48.0 Å². The minimum absolute atomic E-state index is 0.00745. The molecule has 0 spiro atoms. The van der Waals surface area contributed by atoms with E-state index in [9.17, 15) is 4.79 Å². The van der Waals surface area contributed by atoms with Crippen molar-refractivity contribution in [3.63, 3.8) is 0 Å². The molecule has 1 fully saturated rings. The minimum Gasteiger partial charge on any atom is -0.493 e. The first-order chi connectivity index (χ1) is 13.1. The van der Waals surface area contributed by atoms with Crippen LogP contribution in [0.3, 0.4) is 0 Å². The van der Waals surface area contributed by atoms with E-state index in [4.69, 9.17) is 4.74 Å². The van der Waals surface area contributed by atoms with Crippen LogP contribution in [0, 0.1) is 5.92 Å². The highest BCUT2D eigenvalue weighted by atomic mass is 16.5. The Morgan fingerprint density at radius 3 is 2.85 bits per heavy atom. The molecule has 0 bridgehead atoms. The number of piperidine rings is 1. The predicted molar refractivity (Wildman–Crippen MR) is 108 cm³/mol. The molecule has 4 rings (SSSR count). The Morgan fingerprint density at radius 1 is 1.15 bits per heavy atom. The van der Waals surface area contributed by atoms with Crippen LogP contribution in [-0.4, -0.2) is 50.6 Å². The largest absolute Gasteiger partial charge is 0.493 e. The summed E-state index contributed by atoms with van der Waals surface area (Å²) in [6.45, 7) is 2.44. The van der Waals surface area contributed by atoms with Crippen molar-refractivity contribution in [3.8, 4) is 16.9 Å². The smallest absolute Gasteiger partial charge is 0.228 e. The molecule has 2 aromatic rings. The zero-order valence-corrected chi connectivity index (χ0v) is 16.0. The number of amides is 1. The molecule has 0 aliphatic carbocycles. The lowest BCUT2D eigenvalue weighted by atomic mass is 9.94. The molecule has 1 amide bonds. The Balaban J connectivity index is 1.47. The summed E-state index contributed by atoms with van der Waals surface area (Å²) in [6.07, 6.45) is 1.84. The molecule has 2 unspecified atom stereocenters. The first-order valence-corrected chi connectivity index (χ1v) is 9.64. The maximum Gasteiger partial charge on any atom is 0.228 e. The molecular formula is C22H27N3O2. The number of rotatable bonds is 4. The fourth-order valence-electron chi connectivity index (χ4n) is 3.90. The number of hydrogen-bond donors (Lipinski definition) is 2. The molecule has 2 aromatic carbocycles. The quantitative estimate of drug-likeness (QED) is 0.875. The third kappa shape index (κ3) is 3.99. The summed E-state index contributed by atoms with van der Waals surface area (Å²) in [5.41, 5.74) is 4.36.